The van der Waals surface area contributed by atoms with Gasteiger partial charge >= 0.3 is 5.97 Å². The first-order chi connectivity index (χ1) is 9.95. The standard InChI is InChI=1S/C18H33NO2/c1-13(2)16-6-5-15(4)11-17(16)21-18(20)12-19-9-7-14(3)8-10-19/h13-17H,5-12H2,1-4H3/p+1/t15-,16-,17+/m1/s1. The highest BCUT2D eigenvalue weighted by Crippen LogP contribution is 2.35. The van der Waals surface area contributed by atoms with Gasteiger partial charge in [0.1, 0.15) is 6.10 Å². The first-order valence-corrected chi connectivity index (χ1v) is 8.98. The number of hydrogen-bond donors (Lipinski definition) is 1. The Hall–Kier alpha value is -0.570. The van der Waals surface area contributed by atoms with Crippen LogP contribution in [0.25, 0.3) is 0 Å². The van der Waals surface area contributed by atoms with Gasteiger partial charge in [0.05, 0.1) is 13.1 Å². The average Bonchev–Trinajstić information content (AvgIpc) is 2.41. The molecular weight excluding hydrogens is 262 g/mol. The Bertz CT molecular complexity index is 334. The monoisotopic (exact) mass is 296 g/mol. The first kappa shape index (κ1) is 16.8. The van der Waals surface area contributed by atoms with Crippen LogP contribution in [0.4, 0.5) is 0 Å². The molecule has 1 N–H and O–H groups in total. The molecule has 122 valence electrons. The zero-order valence-electron chi connectivity index (χ0n) is 14.4. The van der Waals surface area contributed by atoms with Crippen LogP contribution in [0.15, 0.2) is 0 Å². The van der Waals surface area contributed by atoms with Gasteiger partial charge in [0.2, 0.25) is 0 Å². The number of carbonyl (C=O) groups is 1. The van der Waals surface area contributed by atoms with Gasteiger partial charge in [-0.3, -0.25) is 0 Å². The van der Waals surface area contributed by atoms with Crippen LogP contribution >= 0.6 is 0 Å². The Balaban J connectivity index is 1.82. The zero-order chi connectivity index (χ0) is 15.4. The van der Waals surface area contributed by atoms with Gasteiger partial charge in [0, 0.05) is 0 Å². The van der Waals surface area contributed by atoms with Gasteiger partial charge in [-0.2, -0.15) is 0 Å². The first-order valence-electron chi connectivity index (χ1n) is 8.98. The molecule has 3 nitrogen and oxygen atoms in total. The molecular formula is C18H34NO2+. The second-order valence-corrected chi connectivity index (χ2v) is 7.96. The van der Waals surface area contributed by atoms with E-state index in [0.717, 1.165) is 25.4 Å². The molecule has 1 heterocycles. The number of quaternary nitrogens is 1. The maximum Gasteiger partial charge on any atom is 0.361 e. The molecule has 0 spiro atoms. The van der Waals surface area contributed by atoms with Crippen molar-refractivity contribution in [3.63, 3.8) is 0 Å². The summed E-state index contributed by atoms with van der Waals surface area (Å²) in [5.74, 6) is 2.72. The maximum atomic E-state index is 12.3. The molecule has 1 aliphatic carbocycles. The molecule has 0 unspecified atom stereocenters. The average molecular weight is 296 g/mol. The number of ether oxygens (including phenoxy) is 1. The van der Waals surface area contributed by atoms with Gasteiger partial charge in [-0.1, -0.05) is 34.1 Å². The van der Waals surface area contributed by atoms with Gasteiger partial charge in [0.15, 0.2) is 6.54 Å². The molecule has 0 amide bonds. The lowest BCUT2D eigenvalue weighted by Crippen LogP contribution is -3.14. The molecule has 0 radical (unpaired) electrons. The van der Waals surface area contributed by atoms with Gasteiger partial charge in [0.25, 0.3) is 0 Å². The highest BCUT2D eigenvalue weighted by molar-refractivity contribution is 5.70. The smallest absolute Gasteiger partial charge is 0.361 e. The van der Waals surface area contributed by atoms with Crippen LogP contribution in [0.5, 0.6) is 0 Å². The van der Waals surface area contributed by atoms with E-state index in [1.54, 1.807) is 0 Å². The van der Waals surface area contributed by atoms with Crippen molar-refractivity contribution in [2.24, 2.45) is 23.7 Å². The van der Waals surface area contributed by atoms with Crippen molar-refractivity contribution in [1.29, 1.82) is 0 Å². The number of esters is 1. The van der Waals surface area contributed by atoms with Gasteiger partial charge in [-0.05, 0) is 49.4 Å². The predicted octanol–water partition coefficient (Wildman–Crippen LogP) is 2.31. The van der Waals surface area contributed by atoms with Crippen molar-refractivity contribution in [2.75, 3.05) is 19.6 Å². The minimum Gasteiger partial charge on any atom is -0.458 e. The lowest BCUT2D eigenvalue weighted by molar-refractivity contribution is -0.898. The lowest BCUT2D eigenvalue weighted by Gasteiger charge is -2.37. The molecule has 0 aromatic carbocycles. The molecule has 2 fully saturated rings. The topological polar surface area (TPSA) is 30.7 Å². The summed E-state index contributed by atoms with van der Waals surface area (Å²) in [7, 11) is 0. The Morgan fingerprint density at radius 2 is 1.76 bits per heavy atom. The molecule has 3 heteroatoms. The highest BCUT2D eigenvalue weighted by Gasteiger charge is 2.34. The third-order valence-corrected chi connectivity index (χ3v) is 5.62. The van der Waals surface area contributed by atoms with E-state index in [0.29, 0.717) is 24.3 Å². The number of rotatable bonds is 4. The Labute approximate surface area is 130 Å². The molecule has 0 aromatic rings. The van der Waals surface area contributed by atoms with Crippen molar-refractivity contribution in [2.45, 2.75) is 65.9 Å². The third kappa shape index (κ3) is 4.98. The van der Waals surface area contributed by atoms with Gasteiger partial charge in [-0.25, -0.2) is 4.79 Å². The SMILES string of the molecule is CC1CC[NH+](CC(=O)O[C@H]2C[C@H](C)CC[C@@H]2C(C)C)CC1. The van der Waals surface area contributed by atoms with E-state index in [1.807, 2.05) is 0 Å². The quantitative estimate of drug-likeness (QED) is 0.807. The van der Waals surface area contributed by atoms with Crippen molar-refractivity contribution >= 4 is 5.97 Å². The van der Waals surface area contributed by atoms with E-state index in [-0.39, 0.29) is 12.1 Å². The fourth-order valence-electron chi connectivity index (χ4n) is 4.01. The van der Waals surface area contributed by atoms with Crippen LogP contribution in [0.2, 0.25) is 0 Å². The molecule has 0 bridgehead atoms. The molecule has 1 aliphatic heterocycles. The summed E-state index contributed by atoms with van der Waals surface area (Å²) in [6.45, 7) is 12.0. The molecule has 2 aliphatic rings. The molecule has 2 rings (SSSR count). The number of carbonyl (C=O) groups excluding carboxylic acids is 1. The normalized spacial score (nSPS) is 37.5. The largest absolute Gasteiger partial charge is 0.458 e. The van der Waals surface area contributed by atoms with E-state index in [9.17, 15) is 4.79 Å². The molecule has 1 saturated carbocycles. The number of piperidine rings is 1. The summed E-state index contributed by atoms with van der Waals surface area (Å²) in [4.78, 5) is 13.7. The number of nitrogens with one attached hydrogen (secondary N) is 1. The summed E-state index contributed by atoms with van der Waals surface area (Å²) in [6.07, 6.45) is 6.21. The molecule has 0 aromatic heterocycles. The minimum atomic E-state index is 0.0318. The zero-order valence-corrected chi connectivity index (χ0v) is 14.4. The van der Waals surface area contributed by atoms with Gasteiger partial charge < -0.3 is 9.64 Å². The van der Waals surface area contributed by atoms with Crippen molar-refractivity contribution in [3.05, 3.63) is 0 Å². The fourth-order valence-corrected chi connectivity index (χ4v) is 4.01. The highest BCUT2D eigenvalue weighted by atomic mass is 16.5. The van der Waals surface area contributed by atoms with Crippen LogP contribution in [-0.2, 0) is 9.53 Å². The van der Waals surface area contributed by atoms with Crippen LogP contribution in [0.1, 0.15) is 59.8 Å². The van der Waals surface area contributed by atoms with E-state index >= 15 is 0 Å². The summed E-state index contributed by atoms with van der Waals surface area (Å²) < 4.78 is 5.91. The Morgan fingerprint density at radius 3 is 2.38 bits per heavy atom. The Kier molecular flexibility index (Phi) is 6.09. The predicted molar refractivity (Wildman–Crippen MR) is 85.2 cm³/mol. The lowest BCUT2D eigenvalue weighted by atomic mass is 9.75. The second kappa shape index (κ2) is 7.62. The molecule has 21 heavy (non-hydrogen) atoms. The summed E-state index contributed by atoms with van der Waals surface area (Å²) >= 11 is 0. The number of likely N-dealkylation sites (tertiary alicyclic amines) is 1. The van der Waals surface area contributed by atoms with E-state index in [4.69, 9.17) is 4.74 Å². The van der Waals surface area contributed by atoms with Crippen LogP contribution in [0, 0.1) is 23.7 Å². The van der Waals surface area contributed by atoms with Crippen molar-refractivity contribution in [3.8, 4) is 0 Å². The summed E-state index contributed by atoms with van der Waals surface area (Å²) in [5, 5.41) is 0. The molecule has 3 atom stereocenters. The third-order valence-electron chi connectivity index (χ3n) is 5.62. The maximum absolute atomic E-state index is 12.3. The van der Waals surface area contributed by atoms with E-state index < -0.39 is 0 Å². The molecule has 1 saturated heterocycles. The second-order valence-electron chi connectivity index (χ2n) is 7.96. The van der Waals surface area contributed by atoms with Crippen molar-refractivity contribution < 1.29 is 14.4 Å². The summed E-state index contributed by atoms with van der Waals surface area (Å²) in [6, 6.07) is 0. The van der Waals surface area contributed by atoms with Crippen LogP contribution < -0.4 is 4.90 Å². The van der Waals surface area contributed by atoms with Crippen LogP contribution in [0.3, 0.4) is 0 Å². The summed E-state index contributed by atoms with van der Waals surface area (Å²) in [5.41, 5.74) is 0. The van der Waals surface area contributed by atoms with Crippen LogP contribution in [-0.4, -0.2) is 31.7 Å². The van der Waals surface area contributed by atoms with E-state index in [2.05, 4.69) is 27.7 Å². The fraction of sp³-hybridized carbons (Fsp3) is 0.944. The Morgan fingerprint density at radius 1 is 1.10 bits per heavy atom. The van der Waals surface area contributed by atoms with Crippen molar-refractivity contribution in [1.82, 2.24) is 0 Å². The number of hydrogen-bond acceptors (Lipinski definition) is 2. The van der Waals surface area contributed by atoms with E-state index in [1.165, 1.54) is 30.6 Å². The van der Waals surface area contributed by atoms with Gasteiger partial charge in [-0.15, -0.1) is 0 Å². The minimum absolute atomic E-state index is 0.0318.